The molecule has 0 amide bonds. The van der Waals surface area contributed by atoms with E-state index in [0.29, 0.717) is 35.1 Å². The second-order valence-electron chi connectivity index (χ2n) is 5.61. The summed E-state index contributed by atoms with van der Waals surface area (Å²) in [5.41, 5.74) is 1.65. The number of nitrogens with zero attached hydrogens (tertiary/aromatic N) is 1. The largest absolute Gasteiger partial charge is 0.455 e. The molecule has 0 aromatic heterocycles. The number of rotatable bonds is 7. The van der Waals surface area contributed by atoms with Crippen LogP contribution in [0.15, 0.2) is 72.8 Å². The number of ether oxygens (including phenoxy) is 1. The summed E-state index contributed by atoms with van der Waals surface area (Å²) in [6, 6.07) is 21.5. The number of nitro groups is 1. The summed E-state index contributed by atoms with van der Waals surface area (Å²) in [5, 5.41) is 15.0. The lowest BCUT2D eigenvalue weighted by Gasteiger charge is -2.13. The van der Waals surface area contributed by atoms with Crippen molar-refractivity contribution in [1.29, 1.82) is 0 Å². The highest BCUT2D eigenvalue weighted by molar-refractivity contribution is 6.30. The third-order valence-corrected chi connectivity index (χ3v) is 4.08. The van der Waals surface area contributed by atoms with Gasteiger partial charge in [0.25, 0.3) is 5.69 Å². The molecule has 0 bridgehead atoms. The van der Waals surface area contributed by atoms with Crippen molar-refractivity contribution in [3.63, 3.8) is 0 Å². The van der Waals surface area contributed by atoms with Gasteiger partial charge in [-0.1, -0.05) is 41.9 Å². The Labute approximate surface area is 156 Å². The van der Waals surface area contributed by atoms with E-state index < -0.39 is 0 Å². The fourth-order valence-electron chi connectivity index (χ4n) is 2.56. The van der Waals surface area contributed by atoms with Crippen molar-refractivity contribution in [3.05, 3.63) is 93.5 Å². The van der Waals surface area contributed by atoms with E-state index in [4.69, 9.17) is 16.3 Å². The molecule has 3 aromatic carbocycles. The number of anilines is 1. The highest BCUT2D eigenvalue weighted by atomic mass is 35.5. The fraction of sp³-hybridized carbons (Fsp3) is 0.100. The molecule has 3 aromatic rings. The number of nitro benzene ring substituents is 1. The van der Waals surface area contributed by atoms with E-state index in [2.05, 4.69) is 5.32 Å². The Kier molecular flexibility index (Phi) is 5.71. The Morgan fingerprint density at radius 2 is 1.65 bits per heavy atom. The average molecular weight is 369 g/mol. The van der Waals surface area contributed by atoms with Crippen molar-refractivity contribution in [3.8, 4) is 11.5 Å². The zero-order valence-corrected chi connectivity index (χ0v) is 14.6. The van der Waals surface area contributed by atoms with Gasteiger partial charge in [0.1, 0.15) is 5.75 Å². The maximum absolute atomic E-state index is 11.1. The van der Waals surface area contributed by atoms with E-state index in [1.807, 2.05) is 24.3 Å². The van der Waals surface area contributed by atoms with Gasteiger partial charge in [-0.15, -0.1) is 0 Å². The minimum Gasteiger partial charge on any atom is -0.455 e. The van der Waals surface area contributed by atoms with Crippen LogP contribution in [0.3, 0.4) is 0 Å². The van der Waals surface area contributed by atoms with Crippen molar-refractivity contribution in [1.82, 2.24) is 0 Å². The Morgan fingerprint density at radius 3 is 2.42 bits per heavy atom. The van der Waals surface area contributed by atoms with Gasteiger partial charge in [0.05, 0.1) is 10.6 Å². The Hall–Kier alpha value is -3.05. The summed E-state index contributed by atoms with van der Waals surface area (Å²) in [7, 11) is 0. The van der Waals surface area contributed by atoms with Gasteiger partial charge in [-0.3, -0.25) is 10.1 Å². The Morgan fingerprint density at radius 1 is 0.962 bits per heavy atom. The number of para-hydroxylation sites is 3. The van der Waals surface area contributed by atoms with Crippen LogP contribution in [0.2, 0.25) is 5.02 Å². The molecule has 0 saturated heterocycles. The highest BCUT2D eigenvalue weighted by Crippen LogP contribution is 2.30. The van der Waals surface area contributed by atoms with Crippen LogP contribution in [0.5, 0.6) is 11.5 Å². The Bertz CT molecular complexity index is 898. The zero-order chi connectivity index (χ0) is 18.4. The summed E-state index contributed by atoms with van der Waals surface area (Å²) < 4.78 is 5.90. The van der Waals surface area contributed by atoms with E-state index in [1.54, 1.807) is 42.5 Å². The average Bonchev–Trinajstić information content (AvgIpc) is 2.65. The van der Waals surface area contributed by atoms with Crippen LogP contribution in [0.4, 0.5) is 11.4 Å². The molecule has 0 radical (unpaired) electrons. The van der Waals surface area contributed by atoms with Gasteiger partial charge in [-0.2, -0.15) is 0 Å². The first-order chi connectivity index (χ1) is 12.6. The molecule has 0 spiro atoms. The molecular weight excluding hydrogens is 352 g/mol. The van der Waals surface area contributed by atoms with Crippen LogP contribution < -0.4 is 10.1 Å². The summed E-state index contributed by atoms with van der Waals surface area (Å²) >= 11 is 5.89. The summed E-state index contributed by atoms with van der Waals surface area (Å²) in [4.78, 5) is 10.7. The van der Waals surface area contributed by atoms with Gasteiger partial charge in [0.2, 0.25) is 0 Å². The van der Waals surface area contributed by atoms with Gasteiger partial charge >= 0.3 is 0 Å². The van der Waals surface area contributed by atoms with E-state index in [-0.39, 0.29) is 10.6 Å². The highest BCUT2D eigenvalue weighted by Gasteiger charge is 2.12. The summed E-state index contributed by atoms with van der Waals surface area (Å²) in [6.07, 6.45) is 0.534. The second kappa shape index (κ2) is 8.36. The van der Waals surface area contributed by atoms with Crippen molar-refractivity contribution in [2.75, 3.05) is 11.9 Å². The summed E-state index contributed by atoms with van der Waals surface area (Å²) in [5.74, 6) is 1.36. The standard InChI is InChI=1S/C20H17ClN2O3/c21-16-9-11-17(12-10-16)26-20-8-4-2-6-18(20)22-14-13-15-5-1-3-7-19(15)23(24)25/h1-12,22H,13-14H2. The molecule has 132 valence electrons. The number of hydrogen-bond donors (Lipinski definition) is 1. The minimum absolute atomic E-state index is 0.139. The van der Waals surface area contributed by atoms with E-state index in [0.717, 1.165) is 5.69 Å². The van der Waals surface area contributed by atoms with Crippen LogP contribution in [-0.2, 0) is 6.42 Å². The fourth-order valence-corrected chi connectivity index (χ4v) is 2.69. The molecule has 6 heteroatoms. The molecule has 0 aliphatic carbocycles. The lowest BCUT2D eigenvalue weighted by molar-refractivity contribution is -0.385. The molecule has 0 unspecified atom stereocenters. The molecule has 5 nitrogen and oxygen atoms in total. The van der Waals surface area contributed by atoms with Crippen LogP contribution in [0.1, 0.15) is 5.56 Å². The second-order valence-corrected chi connectivity index (χ2v) is 6.05. The predicted molar refractivity (Wildman–Crippen MR) is 103 cm³/mol. The van der Waals surface area contributed by atoms with Gasteiger partial charge < -0.3 is 10.1 Å². The SMILES string of the molecule is O=[N+]([O-])c1ccccc1CCNc1ccccc1Oc1ccc(Cl)cc1. The molecule has 0 saturated carbocycles. The quantitative estimate of drug-likeness (QED) is 0.429. The molecule has 0 aliphatic rings. The Balaban J connectivity index is 1.67. The first kappa shape index (κ1) is 17.8. The molecule has 1 N–H and O–H groups in total. The van der Waals surface area contributed by atoms with Crippen molar-refractivity contribution >= 4 is 23.0 Å². The molecule has 3 rings (SSSR count). The van der Waals surface area contributed by atoms with Crippen LogP contribution in [-0.4, -0.2) is 11.5 Å². The van der Waals surface area contributed by atoms with Gasteiger partial charge in [0.15, 0.2) is 5.75 Å². The van der Waals surface area contributed by atoms with Crippen LogP contribution in [0.25, 0.3) is 0 Å². The minimum atomic E-state index is -0.354. The normalized spacial score (nSPS) is 10.3. The smallest absolute Gasteiger partial charge is 0.272 e. The zero-order valence-electron chi connectivity index (χ0n) is 13.9. The van der Waals surface area contributed by atoms with Gasteiger partial charge in [0, 0.05) is 23.2 Å². The van der Waals surface area contributed by atoms with Gasteiger partial charge in [-0.05, 0) is 42.8 Å². The van der Waals surface area contributed by atoms with Crippen molar-refractivity contribution < 1.29 is 9.66 Å². The van der Waals surface area contributed by atoms with Crippen LogP contribution >= 0.6 is 11.6 Å². The number of benzene rings is 3. The first-order valence-electron chi connectivity index (χ1n) is 8.12. The molecule has 0 heterocycles. The number of nitrogens with one attached hydrogen (secondary N) is 1. The summed E-state index contributed by atoms with van der Waals surface area (Å²) in [6.45, 7) is 0.547. The molecule has 0 aliphatic heterocycles. The third-order valence-electron chi connectivity index (χ3n) is 3.83. The van der Waals surface area contributed by atoms with Gasteiger partial charge in [-0.25, -0.2) is 0 Å². The lowest BCUT2D eigenvalue weighted by atomic mass is 10.1. The third kappa shape index (κ3) is 4.52. The van der Waals surface area contributed by atoms with Crippen molar-refractivity contribution in [2.45, 2.75) is 6.42 Å². The number of halogens is 1. The van der Waals surface area contributed by atoms with Crippen LogP contribution in [0, 0.1) is 10.1 Å². The molecule has 0 atom stereocenters. The number of hydrogen-bond acceptors (Lipinski definition) is 4. The monoisotopic (exact) mass is 368 g/mol. The van der Waals surface area contributed by atoms with E-state index in [9.17, 15) is 10.1 Å². The topological polar surface area (TPSA) is 64.4 Å². The lowest BCUT2D eigenvalue weighted by Crippen LogP contribution is -2.07. The molecule has 0 fully saturated rings. The first-order valence-corrected chi connectivity index (χ1v) is 8.50. The maximum atomic E-state index is 11.1. The predicted octanol–water partition coefficient (Wildman–Crippen LogP) is 5.70. The maximum Gasteiger partial charge on any atom is 0.272 e. The van der Waals surface area contributed by atoms with E-state index in [1.165, 1.54) is 6.07 Å². The molecule has 26 heavy (non-hydrogen) atoms. The molecular formula is C20H17ClN2O3. The van der Waals surface area contributed by atoms with E-state index >= 15 is 0 Å². The van der Waals surface area contributed by atoms with Crippen molar-refractivity contribution in [2.24, 2.45) is 0 Å².